The molecule has 3 nitrogen and oxygen atoms in total. The highest BCUT2D eigenvalue weighted by Crippen LogP contribution is 2.29. The maximum absolute atomic E-state index is 11.4. The Kier molecular flexibility index (Phi) is 6.11. The molecule has 0 aliphatic heterocycles. The number of ether oxygens (including phenoxy) is 1. The van der Waals surface area contributed by atoms with E-state index in [1.807, 2.05) is 39.0 Å². The number of hydrogen-bond acceptors (Lipinski definition) is 3. The van der Waals surface area contributed by atoms with Gasteiger partial charge < -0.3 is 4.74 Å². The fraction of sp³-hybridized carbons (Fsp3) is 0.625. The Bertz CT molecular complexity index is 559. The summed E-state index contributed by atoms with van der Waals surface area (Å²) in [5.74, 6) is 0.947. The predicted molar refractivity (Wildman–Crippen MR) is 88.6 cm³/mol. The molecule has 1 atom stereocenters. The lowest BCUT2D eigenvalue weighted by molar-refractivity contribution is 0.163. The van der Waals surface area contributed by atoms with Crippen molar-refractivity contribution in [3.63, 3.8) is 0 Å². The van der Waals surface area contributed by atoms with Crippen LogP contribution in [0.4, 0.5) is 0 Å². The first-order valence-electron chi connectivity index (χ1n) is 7.14. The molecule has 0 N–H and O–H groups in total. The quantitative estimate of drug-likeness (QED) is 0.724. The lowest BCUT2D eigenvalue weighted by atomic mass is 9.82. The van der Waals surface area contributed by atoms with Gasteiger partial charge in [-0.15, -0.1) is 0 Å². The average molecular weight is 333 g/mol. The van der Waals surface area contributed by atoms with Crippen molar-refractivity contribution in [2.45, 2.75) is 40.5 Å². The third-order valence-corrected chi connectivity index (χ3v) is 4.78. The minimum absolute atomic E-state index is 0.0814. The SMILES string of the molecule is CC(C)c1cccc(OCC(CS(=O)(=O)Cl)C(C)(C)C)c1. The van der Waals surface area contributed by atoms with Crippen LogP contribution in [0.2, 0.25) is 0 Å². The van der Waals surface area contributed by atoms with Crippen LogP contribution in [-0.4, -0.2) is 20.8 Å². The molecule has 0 saturated heterocycles. The van der Waals surface area contributed by atoms with E-state index >= 15 is 0 Å². The summed E-state index contributed by atoms with van der Waals surface area (Å²) >= 11 is 0. The highest BCUT2D eigenvalue weighted by molar-refractivity contribution is 8.13. The van der Waals surface area contributed by atoms with E-state index in [0.717, 1.165) is 5.75 Å². The van der Waals surface area contributed by atoms with Gasteiger partial charge in [-0.05, 0) is 29.0 Å². The van der Waals surface area contributed by atoms with E-state index in [1.165, 1.54) is 5.56 Å². The third-order valence-electron chi connectivity index (χ3n) is 3.60. The number of rotatable bonds is 6. The first kappa shape index (κ1) is 18.3. The first-order chi connectivity index (χ1) is 9.49. The van der Waals surface area contributed by atoms with Crippen LogP contribution in [0.25, 0.3) is 0 Å². The first-order valence-corrected chi connectivity index (χ1v) is 9.62. The molecular formula is C16H25ClO3S. The minimum Gasteiger partial charge on any atom is -0.493 e. The monoisotopic (exact) mass is 332 g/mol. The molecule has 0 bridgehead atoms. The second-order valence-electron chi connectivity index (χ2n) is 6.81. The predicted octanol–water partition coefficient (Wildman–Crippen LogP) is 4.42. The Morgan fingerprint density at radius 2 is 1.86 bits per heavy atom. The molecule has 0 amide bonds. The summed E-state index contributed by atoms with van der Waals surface area (Å²) in [6.45, 7) is 10.6. The fourth-order valence-electron chi connectivity index (χ4n) is 1.95. The molecule has 1 aromatic carbocycles. The van der Waals surface area contributed by atoms with Crippen molar-refractivity contribution in [2.75, 3.05) is 12.4 Å². The van der Waals surface area contributed by atoms with E-state index in [0.29, 0.717) is 12.5 Å². The normalized spacial score (nSPS) is 14.2. The topological polar surface area (TPSA) is 43.4 Å². The molecule has 0 radical (unpaired) electrons. The van der Waals surface area contributed by atoms with E-state index < -0.39 is 9.05 Å². The molecule has 1 rings (SSSR count). The van der Waals surface area contributed by atoms with Crippen molar-refractivity contribution in [3.8, 4) is 5.75 Å². The molecule has 0 spiro atoms. The van der Waals surface area contributed by atoms with Gasteiger partial charge in [0.1, 0.15) is 5.75 Å². The van der Waals surface area contributed by atoms with Gasteiger partial charge in [0, 0.05) is 16.6 Å². The molecule has 1 aromatic rings. The molecule has 0 aliphatic carbocycles. The van der Waals surface area contributed by atoms with Crippen LogP contribution in [0.3, 0.4) is 0 Å². The van der Waals surface area contributed by atoms with E-state index in [2.05, 4.69) is 19.9 Å². The van der Waals surface area contributed by atoms with Crippen LogP contribution in [-0.2, 0) is 9.05 Å². The largest absolute Gasteiger partial charge is 0.493 e. The zero-order valence-corrected chi connectivity index (χ0v) is 15.0. The molecule has 0 aliphatic rings. The molecule has 21 heavy (non-hydrogen) atoms. The average Bonchev–Trinajstić information content (AvgIpc) is 2.32. The van der Waals surface area contributed by atoms with Crippen LogP contribution in [0.15, 0.2) is 24.3 Å². The minimum atomic E-state index is -3.54. The Balaban J connectivity index is 2.80. The van der Waals surface area contributed by atoms with E-state index in [1.54, 1.807) is 0 Å². The van der Waals surface area contributed by atoms with Gasteiger partial charge >= 0.3 is 0 Å². The van der Waals surface area contributed by atoms with Gasteiger partial charge in [0.25, 0.3) is 0 Å². The third kappa shape index (κ3) is 6.70. The van der Waals surface area contributed by atoms with Crippen LogP contribution < -0.4 is 4.74 Å². The lowest BCUT2D eigenvalue weighted by Gasteiger charge is -2.29. The molecular weight excluding hydrogens is 308 g/mol. The Labute approximate surface area is 133 Å². The molecule has 0 heterocycles. The van der Waals surface area contributed by atoms with Gasteiger partial charge in [-0.1, -0.05) is 46.8 Å². The van der Waals surface area contributed by atoms with Gasteiger partial charge in [0.05, 0.1) is 12.4 Å². The van der Waals surface area contributed by atoms with Crippen molar-refractivity contribution in [1.82, 2.24) is 0 Å². The molecule has 0 saturated carbocycles. The summed E-state index contributed by atoms with van der Waals surface area (Å²) in [5.41, 5.74) is 1.00. The summed E-state index contributed by atoms with van der Waals surface area (Å²) in [7, 11) is 1.86. The van der Waals surface area contributed by atoms with E-state index in [9.17, 15) is 8.42 Å². The lowest BCUT2D eigenvalue weighted by Crippen LogP contribution is -2.31. The van der Waals surface area contributed by atoms with E-state index in [-0.39, 0.29) is 17.1 Å². The highest BCUT2D eigenvalue weighted by atomic mass is 35.7. The smallest absolute Gasteiger partial charge is 0.233 e. The summed E-state index contributed by atoms with van der Waals surface area (Å²) in [6.07, 6.45) is 0. The molecule has 5 heteroatoms. The fourth-order valence-corrected chi connectivity index (χ4v) is 3.48. The van der Waals surface area contributed by atoms with Gasteiger partial charge in [0.2, 0.25) is 9.05 Å². The van der Waals surface area contributed by atoms with Crippen molar-refractivity contribution >= 4 is 19.7 Å². The Morgan fingerprint density at radius 3 is 2.33 bits per heavy atom. The van der Waals surface area contributed by atoms with Crippen LogP contribution in [0.5, 0.6) is 5.75 Å². The Hall–Kier alpha value is -0.740. The van der Waals surface area contributed by atoms with Gasteiger partial charge in [0.15, 0.2) is 0 Å². The van der Waals surface area contributed by atoms with Crippen LogP contribution in [0.1, 0.15) is 46.1 Å². The summed E-state index contributed by atoms with van der Waals surface area (Å²) in [4.78, 5) is 0. The molecule has 0 fully saturated rings. The molecule has 1 unspecified atom stereocenters. The van der Waals surface area contributed by atoms with Crippen molar-refractivity contribution in [1.29, 1.82) is 0 Å². The summed E-state index contributed by atoms with van der Waals surface area (Å²) in [5, 5.41) is 0. The second kappa shape index (κ2) is 7.01. The van der Waals surface area contributed by atoms with Crippen molar-refractivity contribution in [2.24, 2.45) is 11.3 Å². The van der Waals surface area contributed by atoms with Gasteiger partial charge in [-0.3, -0.25) is 0 Å². The van der Waals surface area contributed by atoms with Crippen molar-refractivity contribution < 1.29 is 13.2 Å². The summed E-state index contributed by atoms with van der Waals surface area (Å²) in [6, 6.07) is 7.90. The zero-order chi connectivity index (χ0) is 16.3. The highest BCUT2D eigenvalue weighted by Gasteiger charge is 2.29. The number of halogens is 1. The van der Waals surface area contributed by atoms with Crippen LogP contribution >= 0.6 is 10.7 Å². The van der Waals surface area contributed by atoms with Crippen molar-refractivity contribution in [3.05, 3.63) is 29.8 Å². The number of benzene rings is 1. The molecule has 120 valence electrons. The van der Waals surface area contributed by atoms with E-state index in [4.69, 9.17) is 15.4 Å². The maximum Gasteiger partial charge on any atom is 0.233 e. The van der Waals surface area contributed by atoms with Gasteiger partial charge in [-0.25, -0.2) is 8.42 Å². The summed E-state index contributed by atoms with van der Waals surface area (Å²) < 4.78 is 28.5. The standard InChI is InChI=1S/C16H25ClO3S/c1-12(2)13-7-6-8-15(9-13)20-10-14(16(3,4)5)11-21(17,18)19/h6-9,12,14H,10-11H2,1-5H3. The van der Waals surface area contributed by atoms with Gasteiger partial charge in [-0.2, -0.15) is 0 Å². The number of hydrogen-bond donors (Lipinski definition) is 0. The van der Waals surface area contributed by atoms with Crippen LogP contribution in [0, 0.1) is 11.3 Å². The second-order valence-corrected chi connectivity index (χ2v) is 9.63. The zero-order valence-electron chi connectivity index (χ0n) is 13.4. The molecule has 0 aromatic heterocycles. The maximum atomic E-state index is 11.4. The Morgan fingerprint density at radius 1 is 1.24 bits per heavy atom.